The number of aromatic nitrogens is 2. The van der Waals surface area contributed by atoms with Gasteiger partial charge in [0, 0.05) is 24.6 Å². The Labute approximate surface area is 116 Å². The first-order valence-electron chi connectivity index (χ1n) is 6.80. The monoisotopic (exact) mass is 277 g/mol. The molecule has 2 aromatic rings. The van der Waals surface area contributed by atoms with Crippen molar-refractivity contribution >= 4 is 0 Å². The van der Waals surface area contributed by atoms with Crippen LogP contribution in [0.5, 0.6) is 0 Å². The summed E-state index contributed by atoms with van der Waals surface area (Å²) in [5.41, 5.74) is 2.42. The van der Waals surface area contributed by atoms with Crippen LogP contribution in [0.3, 0.4) is 0 Å². The summed E-state index contributed by atoms with van der Waals surface area (Å²) in [6.45, 7) is 4.27. The maximum atomic E-state index is 13.8. The summed E-state index contributed by atoms with van der Waals surface area (Å²) in [6, 6.07) is 4.08. The zero-order valence-electron chi connectivity index (χ0n) is 11.4. The van der Waals surface area contributed by atoms with Crippen molar-refractivity contribution in [2.24, 2.45) is 0 Å². The van der Waals surface area contributed by atoms with E-state index in [0.29, 0.717) is 6.54 Å². The fourth-order valence-corrected chi connectivity index (χ4v) is 2.87. The summed E-state index contributed by atoms with van der Waals surface area (Å²) in [6.07, 6.45) is 2.57. The molecule has 0 amide bonds. The smallest absolute Gasteiger partial charge is 0.129 e. The van der Waals surface area contributed by atoms with E-state index in [2.05, 4.69) is 15.1 Å². The lowest BCUT2D eigenvalue weighted by Gasteiger charge is -2.16. The van der Waals surface area contributed by atoms with Crippen LogP contribution < -0.4 is 0 Å². The number of hydrogen-bond donors (Lipinski definition) is 1. The predicted molar refractivity (Wildman–Crippen MR) is 72.3 cm³/mol. The highest BCUT2D eigenvalue weighted by Gasteiger charge is 2.28. The molecule has 0 spiro atoms. The Kier molecular flexibility index (Phi) is 3.53. The number of aromatic amines is 1. The zero-order valence-corrected chi connectivity index (χ0v) is 11.4. The van der Waals surface area contributed by atoms with E-state index in [0.717, 1.165) is 30.8 Å². The largest absolute Gasteiger partial charge is 0.297 e. The minimum atomic E-state index is -0.436. The number of halogens is 2. The van der Waals surface area contributed by atoms with Crippen LogP contribution in [-0.2, 0) is 6.54 Å². The van der Waals surface area contributed by atoms with Gasteiger partial charge >= 0.3 is 0 Å². The van der Waals surface area contributed by atoms with E-state index in [9.17, 15) is 8.78 Å². The molecule has 1 unspecified atom stereocenters. The van der Waals surface area contributed by atoms with Crippen molar-refractivity contribution in [1.82, 2.24) is 15.1 Å². The first-order chi connectivity index (χ1) is 9.65. The van der Waals surface area contributed by atoms with Gasteiger partial charge in [-0.1, -0.05) is 6.07 Å². The normalized spacial score (nSPS) is 19.6. The molecule has 1 saturated heterocycles. The van der Waals surface area contributed by atoms with Gasteiger partial charge < -0.3 is 0 Å². The van der Waals surface area contributed by atoms with E-state index in [1.165, 1.54) is 18.2 Å². The van der Waals surface area contributed by atoms with Crippen molar-refractivity contribution < 1.29 is 8.78 Å². The SMILES string of the molecule is Cc1cn[nH]c1CN1CCC(c2c(F)cccc2F)C1. The lowest BCUT2D eigenvalue weighted by atomic mass is 9.97. The summed E-state index contributed by atoms with van der Waals surface area (Å²) in [5.74, 6) is -0.941. The molecule has 1 aliphatic rings. The standard InChI is InChI=1S/C15H17F2N3/c1-10-7-18-19-14(10)9-20-6-5-11(8-20)15-12(16)3-2-4-13(15)17/h2-4,7,11H,5-6,8-9H2,1H3,(H,18,19). The number of H-pyrrole nitrogens is 1. The van der Waals surface area contributed by atoms with Gasteiger partial charge in [0.2, 0.25) is 0 Å². The molecule has 20 heavy (non-hydrogen) atoms. The number of nitrogens with zero attached hydrogens (tertiary/aromatic N) is 2. The molecule has 1 aromatic carbocycles. The molecule has 0 radical (unpaired) electrons. The highest BCUT2D eigenvalue weighted by Crippen LogP contribution is 2.31. The predicted octanol–water partition coefficient (Wildman–Crippen LogP) is 2.99. The van der Waals surface area contributed by atoms with Crippen LogP contribution in [0.1, 0.15) is 29.2 Å². The molecule has 1 aromatic heterocycles. The third-order valence-corrected chi connectivity index (χ3v) is 4.00. The van der Waals surface area contributed by atoms with E-state index in [1.54, 1.807) is 6.20 Å². The van der Waals surface area contributed by atoms with Gasteiger partial charge in [0.25, 0.3) is 0 Å². The second-order valence-corrected chi connectivity index (χ2v) is 5.39. The molecule has 1 aliphatic heterocycles. The molecule has 0 saturated carbocycles. The highest BCUT2D eigenvalue weighted by molar-refractivity contribution is 5.25. The molecule has 0 bridgehead atoms. The summed E-state index contributed by atoms with van der Waals surface area (Å²) in [5, 5.41) is 6.97. The van der Waals surface area contributed by atoms with Gasteiger partial charge in [-0.15, -0.1) is 0 Å². The summed E-state index contributed by atoms with van der Waals surface area (Å²) < 4.78 is 27.6. The molecule has 1 atom stereocenters. The average molecular weight is 277 g/mol. The zero-order chi connectivity index (χ0) is 14.1. The molecular weight excluding hydrogens is 260 g/mol. The molecular formula is C15H17F2N3. The average Bonchev–Trinajstić information content (AvgIpc) is 3.01. The van der Waals surface area contributed by atoms with Gasteiger partial charge in [0.15, 0.2) is 0 Å². The van der Waals surface area contributed by atoms with Gasteiger partial charge in [-0.2, -0.15) is 5.10 Å². The quantitative estimate of drug-likeness (QED) is 0.935. The van der Waals surface area contributed by atoms with Gasteiger partial charge in [0.1, 0.15) is 11.6 Å². The molecule has 2 heterocycles. The van der Waals surface area contributed by atoms with E-state index in [4.69, 9.17) is 0 Å². The fourth-order valence-electron chi connectivity index (χ4n) is 2.87. The first kappa shape index (κ1) is 13.2. The molecule has 5 heteroatoms. The van der Waals surface area contributed by atoms with Gasteiger partial charge in [-0.3, -0.25) is 10.00 Å². The number of rotatable bonds is 3. The third kappa shape index (κ3) is 2.45. The Balaban J connectivity index is 1.72. The van der Waals surface area contributed by atoms with Gasteiger partial charge in [-0.05, 0) is 37.6 Å². The minimum absolute atomic E-state index is 0.0700. The topological polar surface area (TPSA) is 31.9 Å². The lowest BCUT2D eigenvalue weighted by molar-refractivity contribution is 0.320. The van der Waals surface area contributed by atoms with Crippen molar-refractivity contribution in [3.63, 3.8) is 0 Å². The highest BCUT2D eigenvalue weighted by atomic mass is 19.1. The van der Waals surface area contributed by atoms with Crippen LogP contribution in [0.2, 0.25) is 0 Å². The van der Waals surface area contributed by atoms with Crippen molar-refractivity contribution in [3.05, 3.63) is 52.9 Å². The van der Waals surface area contributed by atoms with Crippen LogP contribution in [0.4, 0.5) is 8.78 Å². The number of aryl methyl sites for hydroxylation is 1. The Morgan fingerprint density at radius 2 is 2.10 bits per heavy atom. The third-order valence-electron chi connectivity index (χ3n) is 4.00. The second-order valence-electron chi connectivity index (χ2n) is 5.39. The van der Waals surface area contributed by atoms with E-state index >= 15 is 0 Å². The number of likely N-dealkylation sites (tertiary alicyclic amines) is 1. The maximum Gasteiger partial charge on any atom is 0.129 e. The van der Waals surface area contributed by atoms with E-state index < -0.39 is 11.6 Å². The molecule has 3 rings (SSSR count). The Hall–Kier alpha value is -1.75. The molecule has 3 nitrogen and oxygen atoms in total. The van der Waals surface area contributed by atoms with Crippen molar-refractivity contribution in [1.29, 1.82) is 0 Å². The lowest BCUT2D eigenvalue weighted by Crippen LogP contribution is -2.21. The van der Waals surface area contributed by atoms with E-state index in [-0.39, 0.29) is 11.5 Å². The Morgan fingerprint density at radius 1 is 1.35 bits per heavy atom. The van der Waals surface area contributed by atoms with Crippen LogP contribution in [-0.4, -0.2) is 28.2 Å². The van der Waals surface area contributed by atoms with Gasteiger partial charge in [0.05, 0.1) is 11.9 Å². The molecule has 1 N–H and O–H groups in total. The van der Waals surface area contributed by atoms with Gasteiger partial charge in [-0.25, -0.2) is 8.78 Å². The number of benzene rings is 1. The van der Waals surface area contributed by atoms with Crippen LogP contribution in [0.15, 0.2) is 24.4 Å². The molecule has 106 valence electrons. The first-order valence-corrected chi connectivity index (χ1v) is 6.80. The van der Waals surface area contributed by atoms with E-state index in [1.807, 2.05) is 6.92 Å². The minimum Gasteiger partial charge on any atom is -0.297 e. The summed E-state index contributed by atoms with van der Waals surface area (Å²) in [4.78, 5) is 2.21. The Morgan fingerprint density at radius 3 is 2.75 bits per heavy atom. The summed E-state index contributed by atoms with van der Waals surface area (Å²) in [7, 11) is 0. The second kappa shape index (κ2) is 5.32. The van der Waals surface area contributed by atoms with Crippen LogP contribution in [0, 0.1) is 18.6 Å². The fraction of sp³-hybridized carbons (Fsp3) is 0.400. The number of nitrogens with one attached hydrogen (secondary N) is 1. The molecule has 1 fully saturated rings. The van der Waals surface area contributed by atoms with Crippen molar-refractivity contribution in [3.8, 4) is 0 Å². The van der Waals surface area contributed by atoms with Crippen LogP contribution in [0.25, 0.3) is 0 Å². The maximum absolute atomic E-state index is 13.8. The van der Waals surface area contributed by atoms with Crippen LogP contribution >= 0.6 is 0 Å². The number of hydrogen-bond acceptors (Lipinski definition) is 2. The van der Waals surface area contributed by atoms with Crippen molar-refractivity contribution in [2.75, 3.05) is 13.1 Å². The summed E-state index contributed by atoms with van der Waals surface area (Å²) >= 11 is 0. The van der Waals surface area contributed by atoms with Crippen molar-refractivity contribution in [2.45, 2.75) is 25.8 Å². The Bertz CT molecular complexity index is 589. The molecule has 0 aliphatic carbocycles.